The first-order chi connectivity index (χ1) is 14.4. The molecule has 0 saturated heterocycles. The van der Waals surface area contributed by atoms with E-state index in [0.717, 1.165) is 10.2 Å². The summed E-state index contributed by atoms with van der Waals surface area (Å²) in [5.74, 6) is -0.750. The van der Waals surface area contributed by atoms with Crippen molar-refractivity contribution >= 4 is 11.7 Å². The van der Waals surface area contributed by atoms with Gasteiger partial charge in [0.1, 0.15) is 6.61 Å². The fourth-order valence-corrected chi connectivity index (χ4v) is 2.74. The van der Waals surface area contributed by atoms with E-state index >= 15 is 0 Å². The number of para-hydroxylation sites is 1. The van der Waals surface area contributed by atoms with Gasteiger partial charge in [-0.15, -0.1) is 0 Å². The van der Waals surface area contributed by atoms with E-state index < -0.39 is 16.5 Å². The van der Waals surface area contributed by atoms with Crippen LogP contribution in [0.4, 0.5) is 5.69 Å². The molecule has 0 N–H and O–H groups in total. The molecule has 3 rings (SSSR count). The summed E-state index contributed by atoms with van der Waals surface area (Å²) in [5.41, 5.74) is 1.31. The van der Waals surface area contributed by atoms with Gasteiger partial charge in [-0.1, -0.05) is 18.2 Å². The summed E-state index contributed by atoms with van der Waals surface area (Å²) in [4.78, 5) is 35.3. The van der Waals surface area contributed by atoms with Gasteiger partial charge in [-0.25, -0.2) is 4.79 Å². The number of nitrogens with zero attached hydrogens (tertiary/aromatic N) is 3. The highest BCUT2D eigenvalue weighted by molar-refractivity contribution is 5.90. The van der Waals surface area contributed by atoms with Gasteiger partial charge < -0.3 is 9.47 Å². The number of carbonyl (C=O) groups excluding carboxylic acids is 1. The fraction of sp³-hybridized carbons (Fsp3) is 0.190. The summed E-state index contributed by atoms with van der Waals surface area (Å²) in [6, 6.07) is 14.1. The van der Waals surface area contributed by atoms with Gasteiger partial charge in [-0.2, -0.15) is 9.78 Å². The predicted molar refractivity (Wildman–Crippen MR) is 108 cm³/mol. The second-order valence-electron chi connectivity index (χ2n) is 6.33. The molecule has 9 heteroatoms. The molecule has 0 amide bonds. The van der Waals surface area contributed by atoms with Crippen LogP contribution in [0.15, 0.2) is 59.4 Å². The van der Waals surface area contributed by atoms with Crippen molar-refractivity contribution < 1.29 is 19.2 Å². The highest BCUT2D eigenvalue weighted by atomic mass is 16.6. The molecule has 0 bridgehead atoms. The number of esters is 1. The van der Waals surface area contributed by atoms with E-state index in [4.69, 9.17) is 9.47 Å². The van der Waals surface area contributed by atoms with Crippen molar-refractivity contribution in [2.75, 3.05) is 6.61 Å². The lowest BCUT2D eigenvalue weighted by atomic mass is 10.2. The third-order valence-electron chi connectivity index (χ3n) is 4.25. The zero-order chi connectivity index (χ0) is 21.7. The summed E-state index contributed by atoms with van der Waals surface area (Å²) in [6.45, 7) is 3.60. The Labute approximate surface area is 171 Å². The number of benzene rings is 2. The quantitative estimate of drug-likeness (QED) is 0.334. The third-order valence-corrected chi connectivity index (χ3v) is 4.25. The Morgan fingerprint density at radius 3 is 2.50 bits per heavy atom. The van der Waals surface area contributed by atoms with E-state index in [1.54, 1.807) is 19.1 Å². The van der Waals surface area contributed by atoms with E-state index in [0.29, 0.717) is 11.3 Å². The van der Waals surface area contributed by atoms with E-state index in [-0.39, 0.29) is 30.3 Å². The maximum absolute atomic E-state index is 12.6. The van der Waals surface area contributed by atoms with Crippen LogP contribution >= 0.6 is 0 Å². The highest BCUT2D eigenvalue weighted by Crippen LogP contribution is 2.20. The van der Waals surface area contributed by atoms with Gasteiger partial charge in [0.2, 0.25) is 5.69 Å². The molecule has 154 valence electrons. The summed E-state index contributed by atoms with van der Waals surface area (Å²) in [5, 5.41) is 14.9. The maximum atomic E-state index is 12.6. The van der Waals surface area contributed by atoms with Crippen LogP contribution in [-0.2, 0) is 11.3 Å². The molecule has 0 fully saturated rings. The van der Waals surface area contributed by atoms with Crippen molar-refractivity contribution in [2.45, 2.75) is 20.5 Å². The molecular formula is C21H19N3O6. The van der Waals surface area contributed by atoms with Crippen LogP contribution in [0, 0.1) is 17.0 Å². The van der Waals surface area contributed by atoms with Gasteiger partial charge in [0.05, 0.1) is 23.3 Å². The Hall–Kier alpha value is -4.01. The molecule has 1 aromatic heterocycles. The van der Waals surface area contributed by atoms with Gasteiger partial charge in [-0.05, 0) is 43.2 Å². The van der Waals surface area contributed by atoms with Crippen LogP contribution in [-0.4, -0.2) is 27.3 Å². The lowest BCUT2D eigenvalue weighted by Crippen LogP contribution is -2.25. The Bertz CT molecular complexity index is 1140. The molecular weight excluding hydrogens is 390 g/mol. The van der Waals surface area contributed by atoms with Crippen molar-refractivity contribution in [3.05, 3.63) is 91.9 Å². The second-order valence-corrected chi connectivity index (χ2v) is 6.33. The lowest BCUT2D eigenvalue weighted by Gasteiger charge is -2.13. The number of hydrogen-bond donors (Lipinski definition) is 0. The number of hydrogen-bond acceptors (Lipinski definition) is 7. The Balaban J connectivity index is 1.95. The minimum absolute atomic E-state index is 0.0140. The number of carbonyl (C=O) groups is 1. The van der Waals surface area contributed by atoms with E-state index in [1.807, 2.05) is 19.1 Å². The van der Waals surface area contributed by atoms with E-state index in [9.17, 15) is 19.7 Å². The molecule has 2 aromatic carbocycles. The third kappa shape index (κ3) is 4.52. The standard InChI is InChI=1S/C21H19N3O6/c1-3-29-21(26)20-18(30-13-15-8-10-16(11-9-15)24(27)28)12-19(25)23(22-20)17-7-5-4-6-14(17)2/h4-12H,3,13H2,1-2H3. The molecule has 0 aliphatic heterocycles. The molecule has 3 aromatic rings. The van der Waals surface area contributed by atoms with Crippen molar-refractivity contribution in [3.63, 3.8) is 0 Å². The molecule has 1 heterocycles. The van der Waals surface area contributed by atoms with Crippen LogP contribution in [0.1, 0.15) is 28.5 Å². The van der Waals surface area contributed by atoms with Gasteiger partial charge in [0, 0.05) is 12.1 Å². The van der Waals surface area contributed by atoms with Crippen molar-refractivity contribution in [1.29, 1.82) is 0 Å². The lowest BCUT2D eigenvalue weighted by molar-refractivity contribution is -0.384. The topological polar surface area (TPSA) is 114 Å². The summed E-state index contributed by atoms with van der Waals surface area (Å²) < 4.78 is 11.8. The monoisotopic (exact) mass is 409 g/mol. The van der Waals surface area contributed by atoms with Gasteiger partial charge in [-0.3, -0.25) is 14.9 Å². The van der Waals surface area contributed by atoms with Crippen molar-refractivity contribution in [2.24, 2.45) is 0 Å². The summed E-state index contributed by atoms with van der Waals surface area (Å²) in [6.07, 6.45) is 0. The molecule has 30 heavy (non-hydrogen) atoms. The van der Waals surface area contributed by atoms with Gasteiger partial charge in [0.25, 0.3) is 11.2 Å². The predicted octanol–water partition coefficient (Wildman–Crippen LogP) is 3.20. The number of nitro benzene ring substituents is 1. The highest BCUT2D eigenvalue weighted by Gasteiger charge is 2.20. The maximum Gasteiger partial charge on any atom is 0.362 e. The Kier molecular flexibility index (Phi) is 6.21. The molecule has 0 atom stereocenters. The molecule has 0 aliphatic carbocycles. The molecule has 0 saturated carbocycles. The Morgan fingerprint density at radius 1 is 1.17 bits per heavy atom. The molecule has 0 spiro atoms. The number of non-ortho nitro benzene ring substituents is 1. The second kappa shape index (κ2) is 8.99. The summed E-state index contributed by atoms with van der Waals surface area (Å²) in [7, 11) is 0. The fourth-order valence-electron chi connectivity index (χ4n) is 2.74. The zero-order valence-electron chi connectivity index (χ0n) is 16.4. The molecule has 9 nitrogen and oxygen atoms in total. The SMILES string of the molecule is CCOC(=O)c1nn(-c2ccccc2C)c(=O)cc1OCc1ccc([N+](=O)[O-])cc1. The van der Waals surface area contributed by atoms with Crippen LogP contribution < -0.4 is 10.3 Å². The number of aryl methyl sites for hydroxylation is 1. The first kappa shape index (κ1) is 20.7. The van der Waals surface area contributed by atoms with Crippen LogP contribution in [0.5, 0.6) is 5.75 Å². The normalized spacial score (nSPS) is 10.5. The Morgan fingerprint density at radius 2 is 1.87 bits per heavy atom. The van der Waals surface area contributed by atoms with Crippen molar-refractivity contribution in [1.82, 2.24) is 9.78 Å². The zero-order valence-corrected chi connectivity index (χ0v) is 16.4. The van der Waals surface area contributed by atoms with Crippen LogP contribution in [0.2, 0.25) is 0 Å². The van der Waals surface area contributed by atoms with Gasteiger partial charge >= 0.3 is 5.97 Å². The first-order valence-corrected chi connectivity index (χ1v) is 9.14. The average Bonchev–Trinajstić information content (AvgIpc) is 2.73. The van der Waals surface area contributed by atoms with Gasteiger partial charge in [0.15, 0.2) is 5.75 Å². The van der Waals surface area contributed by atoms with E-state index in [1.165, 1.54) is 30.3 Å². The molecule has 0 radical (unpaired) electrons. The van der Waals surface area contributed by atoms with Crippen molar-refractivity contribution in [3.8, 4) is 11.4 Å². The average molecular weight is 409 g/mol. The number of aromatic nitrogens is 2. The largest absolute Gasteiger partial charge is 0.486 e. The van der Waals surface area contributed by atoms with Crippen LogP contribution in [0.25, 0.3) is 5.69 Å². The molecule has 0 unspecified atom stereocenters. The number of ether oxygens (including phenoxy) is 2. The minimum atomic E-state index is -0.724. The number of rotatable bonds is 7. The number of nitro groups is 1. The summed E-state index contributed by atoms with van der Waals surface area (Å²) >= 11 is 0. The minimum Gasteiger partial charge on any atom is -0.486 e. The van der Waals surface area contributed by atoms with E-state index in [2.05, 4.69) is 5.10 Å². The molecule has 0 aliphatic rings. The first-order valence-electron chi connectivity index (χ1n) is 9.14. The smallest absolute Gasteiger partial charge is 0.362 e. The van der Waals surface area contributed by atoms with Crippen LogP contribution in [0.3, 0.4) is 0 Å².